The zero-order valence-electron chi connectivity index (χ0n) is 57.3. The molecule has 10 rings (SSSR count). The second-order valence-electron chi connectivity index (χ2n) is 10.5. The van der Waals surface area contributed by atoms with Gasteiger partial charge >= 0.3 is 0 Å². The maximum atomic E-state index is 9.90. The molecule has 0 saturated carbocycles. The van der Waals surface area contributed by atoms with Crippen molar-refractivity contribution in [1.82, 2.24) is 4.57 Å². The fourth-order valence-electron chi connectivity index (χ4n) is 5.51. The Morgan fingerprint density at radius 1 is 0.412 bits per heavy atom. The number of furan rings is 1. The minimum atomic E-state index is -1.27. The molecule has 2 heterocycles. The Morgan fingerprint density at radius 3 is 1.55 bits per heavy atom. The van der Waals surface area contributed by atoms with Gasteiger partial charge in [-0.15, -0.1) is 0 Å². The monoisotopic (exact) mass is 684 g/mol. The molecule has 0 aliphatic heterocycles. The number of nitrogens with zero attached hydrogens (tertiary/aromatic N) is 2. The first-order chi connectivity index (χ1) is 38.6. The van der Waals surface area contributed by atoms with Gasteiger partial charge in [-0.1, -0.05) is 121 Å². The van der Waals surface area contributed by atoms with Crippen LogP contribution in [0.4, 0.5) is 17.1 Å². The van der Waals surface area contributed by atoms with Crippen LogP contribution in [0.2, 0.25) is 0 Å². The van der Waals surface area contributed by atoms with Gasteiger partial charge in [0.05, 0.1) is 60.3 Å². The molecule has 0 fully saturated rings. The topological polar surface area (TPSA) is 21.3 Å². The first kappa shape index (κ1) is 11.3. The van der Waals surface area contributed by atoms with E-state index >= 15 is 0 Å². The molecule has 8 aromatic carbocycles. The van der Waals surface area contributed by atoms with Gasteiger partial charge in [0.15, 0.2) is 0 Å². The van der Waals surface area contributed by atoms with Crippen molar-refractivity contribution < 1.29 is 48.3 Å². The number of hydrogen-bond acceptors (Lipinski definition) is 2. The standard InChI is InChI=1S/C48H32N2O/c1-4-12-33(13-5-1)35-20-24-38(25-21-35)49(39-26-22-36(23-27-39)34-14-6-2-7-15-34)40-28-29-41-42-30-31-45-47(48(42)51-46(41)32-40)43-18-10-11-19-44(43)50(45)37-16-8-3-9-17-37/h1-32H/i1D,2D,3D,4D,5D,6D,7D,8D,9D,10D,11D,12D,13D,14D,15D,16D,17D,18D,19D,20D,21D,22D,23D,24D,25D,26D,27D,28D,29D,30D,31D,32D. The fourth-order valence-corrected chi connectivity index (χ4v) is 5.51. The Bertz CT molecular complexity index is 4430. The van der Waals surface area contributed by atoms with Gasteiger partial charge < -0.3 is 13.9 Å². The SMILES string of the molecule is [2H]c1c([2H])c([2H])c(-c2c([2H])c([2H])c(N(c3c([2H])c([2H])c(-c4c([2H])c([2H])c([2H])c([2H])c4[2H])c([2H])c3[2H])c3c([2H])c([2H])c4c(oc5c4c([2H])c([2H])c4c5c5c([2H])c([2H])c([2H])c([2H])c5n4-c4c([2H])c([2H])c([2H])c([2H])c4[2H])c3[2H])c([2H])c2[2H])c([2H])c1[2H]. The van der Waals surface area contributed by atoms with Gasteiger partial charge in [-0.2, -0.15) is 0 Å². The van der Waals surface area contributed by atoms with E-state index in [2.05, 4.69) is 0 Å². The number of hydrogen-bond donors (Lipinski definition) is 0. The molecule has 10 aromatic rings. The number of para-hydroxylation sites is 2. The molecule has 0 bridgehead atoms. The van der Waals surface area contributed by atoms with Crippen LogP contribution in [0.25, 0.3) is 71.7 Å². The highest BCUT2D eigenvalue weighted by atomic mass is 16.3. The molecule has 2 aromatic heterocycles. The van der Waals surface area contributed by atoms with Crippen LogP contribution >= 0.6 is 0 Å². The molecule has 0 N–H and O–H groups in total. The largest absolute Gasteiger partial charge is 0.455 e. The van der Waals surface area contributed by atoms with E-state index < -0.39 is 282 Å². The van der Waals surface area contributed by atoms with E-state index in [0.717, 1.165) is 4.57 Å². The van der Waals surface area contributed by atoms with Crippen molar-refractivity contribution in [3.8, 4) is 27.9 Å². The van der Waals surface area contributed by atoms with Crippen molar-refractivity contribution in [2.75, 3.05) is 4.90 Å². The zero-order chi connectivity index (χ0) is 61.6. The predicted octanol–water partition coefficient (Wildman–Crippen LogP) is 13.5. The van der Waals surface area contributed by atoms with Gasteiger partial charge in [-0.25, -0.2) is 0 Å². The summed E-state index contributed by atoms with van der Waals surface area (Å²) >= 11 is 0. The van der Waals surface area contributed by atoms with Crippen LogP contribution in [0.15, 0.2) is 198 Å². The second kappa shape index (κ2) is 11.9. The number of rotatable bonds is 6. The molecule has 0 aliphatic rings. The van der Waals surface area contributed by atoms with E-state index in [1.165, 1.54) is 0 Å². The van der Waals surface area contributed by atoms with Gasteiger partial charge in [-0.05, 0) is 88.7 Å². The van der Waals surface area contributed by atoms with Gasteiger partial charge in [0.1, 0.15) is 11.2 Å². The maximum absolute atomic E-state index is 9.90. The van der Waals surface area contributed by atoms with Crippen LogP contribution in [-0.2, 0) is 0 Å². The maximum Gasteiger partial charge on any atom is 0.145 e. The Kier molecular flexibility index (Phi) is 2.66. The number of benzene rings is 8. The molecule has 0 unspecified atom stereocenters. The summed E-state index contributed by atoms with van der Waals surface area (Å²) in [5.74, 6) is 0. The molecule has 0 aliphatic carbocycles. The van der Waals surface area contributed by atoms with Crippen molar-refractivity contribution in [3.63, 3.8) is 0 Å². The summed E-state index contributed by atoms with van der Waals surface area (Å²) in [6, 6.07) is -32.6. The smallest absolute Gasteiger partial charge is 0.145 e. The summed E-state index contributed by atoms with van der Waals surface area (Å²) in [5.41, 5.74) is -10.4. The third-order valence-electron chi connectivity index (χ3n) is 7.69. The lowest BCUT2D eigenvalue weighted by molar-refractivity contribution is 0.673. The summed E-state index contributed by atoms with van der Waals surface area (Å²) in [5, 5.41) is -2.29. The Labute approximate surface area is 340 Å². The molecule has 0 atom stereocenters. The first-order valence-electron chi connectivity index (χ1n) is 30.7. The fraction of sp³-hybridized carbons (Fsp3) is 0. The summed E-state index contributed by atoms with van der Waals surface area (Å²) in [6.45, 7) is 0. The number of aromatic nitrogens is 1. The van der Waals surface area contributed by atoms with Crippen molar-refractivity contribution in [3.05, 3.63) is 193 Å². The molecule has 240 valence electrons. The van der Waals surface area contributed by atoms with Crippen LogP contribution in [0, 0.1) is 0 Å². The average molecular weight is 685 g/mol. The summed E-state index contributed by atoms with van der Waals surface area (Å²) in [4.78, 5) is 0.335. The lowest BCUT2D eigenvalue weighted by atomic mass is 10.0. The molecule has 0 spiro atoms. The van der Waals surface area contributed by atoms with Crippen LogP contribution in [0.3, 0.4) is 0 Å². The Hall–Kier alpha value is -6.84. The van der Waals surface area contributed by atoms with E-state index in [1.54, 1.807) is 0 Å². The Morgan fingerprint density at radius 2 is 0.922 bits per heavy atom. The van der Waals surface area contributed by atoms with Gasteiger partial charge in [0.2, 0.25) is 0 Å². The lowest BCUT2D eigenvalue weighted by Crippen LogP contribution is -2.09. The number of fused-ring (bicyclic) bond motifs is 7. The molecule has 51 heavy (non-hydrogen) atoms. The zero-order valence-corrected chi connectivity index (χ0v) is 25.3. The third-order valence-corrected chi connectivity index (χ3v) is 7.69. The molecule has 0 amide bonds. The molecule has 0 radical (unpaired) electrons. The van der Waals surface area contributed by atoms with Crippen molar-refractivity contribution in [1.29, 1.82) is 0 Å². The van der Waals surface area contributed by atoms with Crippen molar-refractivity contribution >= 4 is 60.8 Å². The minimum absolute atomic E-state index is 0.335. The van der Waals surface area contributed by atoms with E-state index in [4.69, 9.17) is 30.5 Å². The Balaban J connectivity index is 1.41. The highest BCUT2D eigenvalue weighted by Crippen LogP contribution is 2.43. The van der Waals surface area contributed by atoms with Crippen LogP contribution in [0.5, 0.6) is 0 Å². The number of anilines is 3. The third kappa shape index (κ3) is 4.90. The summed E-state index contributed by atoms with van der Waals surface area (Å²) < 4.78 is 292. The van der Waals surface area contributed by atoms with E-state index in [1.807, 2.05) is 0 Å². The molecule has 3 nitrogen and oxygen atoms in total. The summed E-state index contributed by atoms with van der Waals surface area (Å²) in [6.07, 6.45) is 0. The molecule has 0 saturated heterocycles. The van der Waals surface area contributed by atoms with Gasteiger partial charge in [0.25, 0.3) is 0 Å². The van der Waals surface area contributed by atoms with Crippen LogP contribution in [0.1, 0.15) is 43.9 Å². The normalized spacial score (nSPS) is 20.3. The van der Waals surface area contributed by atoms with E-state index in [9.17, 15) is 17.8 Å². The van der Waals surface area contributed by atoms with Crippen LogP contribution in [-0.4, -0.2) is 4.57 Å². The average Bonchev–Trinajstić information content (AvgIpc) is 1.64. The molecule has 3 heteroatoms. The second-order valence-corrected chi connectivity index (χ2v) is 10.5. The first-order valence-corrected chi connectivity index (χ1v) is 14.7. The lowest BCUT2D eigenvalue weighted by Gasteiger charge is -2.26. The predicted molar refractivity (Wildman–Crippen MR) is 214 cm³/mol. The highest BCUT2D eigenvalue weighted by Gasteiger charge is 2.20. The minimum Gasteiger partial charge on any atom is -0.455 e. The quantitative estimate of drug-likeness (QED) is 0.174. The van der Waals surface area contributed by atoms with Crippen LogP contribution < -0.4 is 4.90 Å². The van der Waals surface area contributed by atoms with Crippen molar-refractivity contribution in [2.45, 2.75) is 0 Å². The van der Waals surface area contributed by atoms with Crippen molar-refractivity contribution in [2.24, 2.45) is 0 Å². The molecular formula is C48H32N2O. The summed E-state index contributed by atoms with van der Waals surface area (Å²) in [7, 11) is 0. The van der Waals surface area contributed by atoms with E-state index in [0.29, 0.717) is 4.90 Å². The highest BCUT2D eigenvalue weighted by molar-refractivity contribution is 6.24. The van der Waals surface area contributed by atoms with E-state index in [-0.39, 0.29) is 0 Å². The van der Waals surface area contributed by atoms with Gasteiger partial charge in [0, 0.05) is 45.0 Å². The molecular weight excluding hydrogens is 621 g/mol. The van der Waals surface area contributed by atoms with Gasteiger partial charge in [-0.3, -0.25) is 0 Å².